The maximum absolute atomic E-state index is 12.7. The standard InChI is InChI=1S/C16H22F3NO/c17-16(18,19)15-5-1-3-13(11-15)6-7-14-4-2-8-20(12-14)9-10-21/h1,3,5,11,14,21H,2,4,6-10,12H2/t14-/m1/s1. The molecular formula is C16H22F3NO. The summed E-state index contributed by atoms with van der Waals surface area (Å²) < 4.78 is 38.0. The van der Waals surface area contributed by atoms with Gasteiger partial charge in [0.2, 0.25) is 0 Å². The summed E-state index contributed by atoms with van der Waals surface area (Å²) in [5.74, 6) is 0.514. The molecule has 1 aromatic carbocycles. The zero-order valence-electron chi connectivity index (χ0n) is 12.1. The van der Waals surface area contributed by atoms with Gasteiger partial charge < -0.3 is 10.0 Å². The molecule has 1 heterocycles. The minimum absolute atomic E-state index is 0.167. The molecular weight excluding hydrogens is 279 g/mol. The second kappa shape index (κ2) is 7.27. The second-order valence-corrected chi connectivity index (χ2v) is 5.77. The molecule has 5 heteroatoms. The zero-order valence-corrected chi connectivity index (χ0v) is 12.1. The molecule has 1 aromatic rings. The molecule has 1 aliphatic rings. The van der Waals surface area contributed by atoms with Gasteiger partial charge >= 0.3 is 6.18 Å². The van der Waals surface area contributed by atoms with Gasteiger partial charge in [0, 0.05) is 13.1 Å². The summed E-state index contributed by atoms with van der Waals surface area (Å²) in [6.07, 6.45) is -0.447. The van der Waals surface area contributed by atoms with Crippen LogP contribution < -0.4 is 0 Å². The third-order valence-electron chi connectivity index (χ3n) is 4.11. The van der Waals surface area contributed by atoms with Crippen LogP contribution in [-0.4, -0.2) is 36.2 Å². The number of aliphatic hydroxyl groups excluding tert-OH is 1. The van der Waals surface area contributed by atoms with E-state index >= 15 is 0 Å². The van der Waals surface area contributed by atoms with Crippen molar-refractivity contribution in [2.24, 2.45) is 5.92 Å². The van der Waals surface area contributed by atoms with E-state index in [2.05, 4.69) is 4.90 Å². The van der Waals surface area contributed by atoms with Crippen LogP contribution in [0.25, 0.3) is 0 Å². The number of aryl methyl sites for hydroxylation is 1. The average Bonchev–Trinajstić information content (AvgIpc) is 2.45. The van der Waals surface area contributed by atoms with Gasteiger partial charge in [0.25, 0.3) is 0 Å². The first-order valence-electron chi connectivity index (χ1n) is 7.48. The summed E-state index contributed by atoms with van der Waals surface area (Å²) in [6, 6.07) is 5.63. The number of hydrogen-bond acceptors (Lipinski definition) is 2. The number of piperidine rings is 1. The predicted octanol–water partition coefficient (Wildman–Crippen LogP) is 3.34. The third-order valence-corrected chi connectivity index (χ3v) is 4.11. The summed E-state index contributed by atoms with van der Waals surface area (Å²) in [5, 5.41) is 8.97. The molecule has 1 N–H and O–H groups in total. The Hall–Kier alpha value is -1.07. The van der Waals surface area contributed by atoms with Gasteiger partial charge in [-0.25, -0.2) is 0 Å². The molecule has 21 heavy (non-hydrogen) atoms. The predicted molar refractivity (Wildman–Crippen MR) is 76.0 cm³/mol. The van der Waals surface area contributed by atoms with Crippen LogP contribution in [0.15, 0.2) is 24.3 Å². The highest BCUT2D eigenvalue weighted by Gasteiger charge is 2.30. The molecule has 1 saturated heterocycles. The lowest BCUT2D eigenvalue weighted by atomic mass is 9.91. The van der Waals surface area contributed by atoms with Crippen LogP contribution in [0.4, 0.5) is 13.2 Å². The number of benzene rings is 1. The van der Waals surface area contributed by atoms with Gasteiger partial charge in [-0.1, -0.05) is 18.2 Å². The monoisotopic (exact) mass is 301 g/mol. The van der Waals surface area contributed by atoms with E-state index in [9.17, 15) is 13.2 Å². The molecule has 0 amide bonds. The molecule has 1 aliphatic heterocycles. The Kier molecular flexibility index (Phi) is 5.65. The number of rotatable bonds is 5. The van der Waals surface area contributed by atoms with Crippen molar-refractivity contribution in [3.05, 3.63) is 35.4 Å². The lowest BCUT2D eigenvalue weighted by Gasteiger charge is -2.32. The lowest BCUT2D eigenvalue weighted by Crippen LogP contribution is -2.37. The summed E-state index contributed by atoms with van der Waals surface area (Å²) >= 11 is 0. The summed E-state index contributed by atoms with van der Waals surface area (Å²) in [6.45, 7) is 2.82. The van der Waals surface area contributed by atoms with Crippen LogP contribution in [0, 0.1) is 5.92 Å². The van der Waals surface area contributed by atoms with E-state index in [1.54, 1.807) is 6.07 Å². The number of aliphatic hydroxyl groups is 1. The molecule has 0 saturated carbocycles. The van der Waals surface area contributed by atoms with Crippen molar-refractivity contribution in [3.63, 3.8) is 0 Å². The maximum atomic E-state index is 12.7. The lowest BCUT2D eigenvalue weighted by molar-refractivity contribution is -0.137. The van der Waals surface area contributed by atoms with E-state index in [0.717, 1.165) is 44.0 Å². The molecule has 0 bridgehead atoms. The van der Waals surface area contributed by atoms with E-state index < -0.39 is 11.7 Å². The first kappa shape index (κ1) is 16.3. The molecule has 1 atom stereocenters. The highest BCUT2D eigenvalue weighted by molar-refractivity contribution is 5.25. The smallest absolute Gasteiger partial charge is 0.395 e. The van der Waals surface area contributed by atoms with E-state index in [0.29, 0.717) is 18.9 Å². The topological polar surface area (TPSA) is 23.5 Å². The first-order chi connectivity index (χ1) is 9.99. The van der Waals surface area contributed by atoms with Gasteiger partial charge in [-0.05, 0) is 49.8 Å². The fourth-order valence-corrected chi connectivity index (χ4v) is 3.01. The van der Waals surface area contributed by atoms with Gasteiger partial charge in [0.15, 0.2) is 0 Å². The molecule has 0 unspecified atom stereocenters. The van der Waals surface area contributed by atoms with Gasteiger partial charge in [0.05, 0.1) is 12.2 Å². The Morgan fingerprint density at radius 2 is 2.10 bits per heavy atom. The molecule has 0 radical (unpaired) electrons. The molecule has 0 aliphatic carbocycles. The van der Waals surface area contributed by atoms with Crippen molar-refractivity contribution in [3.8, 4) is 0 Å². The quantitative estimate of drug-likeness (QED) is 0.901. The van der Waals surface area contributed by atoms with Crippen molar-refractivity contribution in [2.75, 3.05) is 26.2 Å². The number of alkyl halides is 3. The normalized spacial score (nSPS) is 20.7. The van der Waals surface area contributed by atoms with Crippen LogP contribution in [0.5, 0.6) is 0 Å². The fourth-order valence-electron chi connectivity index (χ4n) is 3.01. The Balaban J connectivity index is 1.88. The number of β-amino-alcohol motifs (C(OH)–C–C–N with tert-alkyl or cyclic N) is 1. The molecule has 0 spiro atoms. The Morgan fingerprint density at radius 1 is 1.29 bits per heavy atom. The van der Waals surface area contributed by atoms with Crippen LogP contribution in [0.2, 0.25) is 0 Å². The van der Waals surface area contributed by atoms with Crippen LogP contribution in [0.3, 0.4) is 0 Å². The first-order valence-corrected chi connectivity index (χ1v) is 7.48. The van der Waals surface area contributed by atoms with Crippen LogP contribution >= 0.6 is 0 Å². The number of halogens is 3. The van der Waals surface area contributed by atoms with Crippen molar-refractivity contribution in [2.45, 2.75) is 31.9 Å². The van der Waals surface area contributed by atoms with E-state index in [-0.39, 0.29) is 6.61 Å². The molecule has 118 valence electrons. The highest BCUT2D eigenvalue weighted by atomic mass is 19.4. The van der Waals surface area contributed by atoms with Crippen molar-refractivity contribution in [1.29, 1.82) is 0 Å². The highest BCUT2D eigenvalue weighted by Crippen LogP contribution is 2.30. The summed E-state index contributed by atoms with van der Waals surface area (Å²) in [4.78, 5) is 2.24. The number of nitrogens with zero attached hydrogens (tertiary/aromatic N) is 1. The Labute approximate surface area is 123 Å². The van der Waals surface area contributed by atoms with Crippen LogP contribution in [0.1, 0.15) is 30.4 Å². The van der Waals surface area contributed by atoms with Crippen LogP contribution in [-0.2, 0) is 12.6 Å². The molecule has 1 fully saturated rings. The van der Waals surface area contributed by atoms with E-state index in [1.165, 1.54) is 12.1 Å². The second-order valence-electron chi connectivity index (χ2n) is 5.77. The number of likely N-dealkylation sites (tertiary alicyclic amines) is 1. The zero-order chi connectivity index (χ0) is 15.3. The Bertz CT molecular complexity index is 445. The largest absolute Gasteiger partial charge is 0.416 e. The van der Waals surface area contributed by atoms with Gasteiger partial charge in [-0.2, -0.15) is 13.2 Å². The van der Waals surface area contributed by atoms with Gasteiger partial charge in [-0.3, -0.25) is 0 Å². The SMILES string of the molecule is OCCN1CCC[C@H](CCc2cccc(C(F)(F)F)c2)C1. The average molecular weight is 301 g/mol. The molecule has 2 rings (SSSR count). The summed E-state index contributed by atoms with van der Waals surface area (Å²) in [5.41, 5.74) is 0.189. The third kappa shape index (κ3) is 5.00. The van der Waals surface area contributed by atoms with Crippen molar-refractivity contribution >= 4 is 0 Å². The minimum Gasteiger partial charge on any atom is -0.395 e. The fraction of sp³-hybridized carbons (Fsp3) is 0.625. The maximum Gasteiger partial charge on any atom is 0.416 e. The minimum atomic E-state index is -4.27. The number of hydrogen-bond donors (Lipinski definition) is 1. The van der Waals surface area contributed by atoms with E-state index in [4.69, 9.17) is 5.11 Å². The molecule has 2 nitrogen and oxygen atoms in total. The Morgan fingerprint density at radius 3 is 2.81 bits per heavy atom. The van der Waals surface area contributed by atoms with Gasteiger partial charge in [0.1, 0.15) is 0 Å². The van der Waals surface area contributed by atoms with Gasteiger partial charge in [-0.15, -0.1) is 0 Å². The van der Waals surface area contributed by atoms with Crippen molar-refractivity contribution < 1.29 is 18.3 Å². The molecule has 0 aromatic heterocycles. The van der Waals surface area contributed by atoms with E-state index in [1.807, 2.05) is 0 Å². The summed E-state index contributed by atoms with van der Waals surface area (Å²) in [7, 11) is 0. The van der Waals surface area contributed by atoms with Crippen molar-refractivity contribution in [1.82, 2.24) is 4.90 Å².